The van der Waals surface area contributed by atoms with E-state index in [2.05, 4.69) is 5.32 Å². The molecule has 0 fully saturated rings. The lowest BCUT2D eigenvalue weighted by molar-refractivity contribution is -0.121. The van der Waals surface area contributed by atoms with E-state index in [9.17, 15) is 13.2 Å². The van der Waals surface area contributed by atoms with Crippen LogP contribution in [0.4, 0.5) is 5.69 Å². The van der Waals surface area contributed by atoms with Crippen molar-refractivity contribution >= 4 is 33.2 Å². The van der Waals surface area contributed by atoms with Crippen molar-refractivity contribution in [1.82, 2.24) is 5.32 Å². The molecule has 0 radical (unpaired) electrons. The molecule has 1 aromatic rings. The van der Waals surface area contributed by atoms with E-state index in [-0.39, 0.29) is 24.9 Å². The van der Waals surface area contributed by atoms with Gasteiger partial charge in [-0.25, -0.2) is 8.42 Å². The first-order chi connectivity index (χ1) is 11.6. The van der Waals surface area contributed by atoms with Gasteiger partial charge in [-0.1, -0.05) is 25.4 Å². The molecule has 0 unspecified atom stereocenters. The van der Waals surface area contributed by atoms with Crippen LogP contribution in [0.15, 0.2) is 12.1 Å². The third-order valence-corrected chi connectivity index (χ3v) is 4.83. The molecule has 0 bridgehead atoms. The fourth-order valence-electron chi connectivity index (χ4n) is 2.24. The summed E-state index contributed by atoms with van der Waals surface area (Å²) < 4.78 is 36.0. The maximum absolute atomic E-state index is 12.2. The van der Waals surface area contributed by atoms with Crippen molar-refractivity contribution in [1.29, 1.82) is 0 Å². The lowest BCUT2D eigenvalue weighted by atomic mass is 10.1. The van der Waals surface area contributed by atoms with Crippen LogP contribution in [0.5, 0.6) is 11.5 Å². The van der Waals surface area contributed by atoms with Crippen LogP contribution in [-0.4, -0.2) is 47.9 Å². The summed E-state index contributed by atoms with van der Waals surface area (Å²) in [7, 11) is -0.744. The molecule has 0 atom stereocenters. The molecule has 0 saturated carbocycles. The van der Waals surface area contributed by atoms with Gasteiger partial charge in [0.1, 0.15) is 11.5 Å². The van der Waals surface area contributed by atoms with Gasteiger partial charge in [0.05, 0.1) is 37.7 Å². The maximum Gasteiger partial charge on any atom is 0.232 e. The number of sulfonamides is 1. The van der Waals surface area contributed by atoms with E-state index in [0.717, 1.165) is 10.6 Å². The Morgan fingerprint density at radius 1 is 1.24 bits per heavy atom. The zero-order valence-electron chi connectivity index (χ0n) is 15.1. The van der Waals surface area contributed by atoms with E-state index in [4.69, 9.17) is 21.1 Å². The number of anilines is 1. The summed E-state index contributed by atoms with van der Waals surface area (Å²) in [4.78, 5) is 11.7. The van der Waals surface area contributed by atoms with Gasteiger partial charge in [-0.05, 0) is 5.92 Å². The van der Waals surface area contributed by atoms with E-state index < -0.39 is 10.0 Å². The van der Waals surface area contributed by atoms with Gasteiger partial charge >= 0.3 is 0 Å². The average Bonchev–Trinajstić information content (AvgIpc) is 2.49. The quantitative estimate of drug-likeness (QED) is 0.696. The van der Waals surface area contributed by atoms with Crippen molar-refractivity contribution in [2.75, 3.05) is 37.9 Å². The summed E-state index contributed by atoms with van der Waals surface area (Å²) in [6.07, 6.45) is 1.47. The molecule has 0 heterocycles. The molecule has 0 spiro atoms. The highest BCUT2D eigenvalue weighted by molar-refractivity contribution is 7.92. The van der Waals surface area contributed by atoms with Crippen LogP contribution >= 0.6 is 11.6 Å². The third-order valence-electron chi connectivity index (χ3n) is 3.35. The standard InChI is InChI=1S/C16H25ClN2O5S/c1-11(2)8-16(20)18-6-7-19(25(5,21)22)13-10-14(23-3)12(17)9-15(13)24-4/h9-11H,6-8H2,1-5H3,(H,18,20). The summed E-state index contributed by atoms with van der Waals surface area (Å²) in [6.45, 7) is 4.11. The van der Waals surface area contributed by atoms with Crippen molar-refractivity contribution in [3.8, 4) is 11.5 Å². The summed E-state index contributed by atoms with van der Waals surface area (Å²) in [6, 6.07) is 2.99. The summed E-state index contributed by atoms with van der Waals surface area (Å²) in [5, 5.41) is 3.03. The van der Waals surface area contributed by atoms with E-state index in [0.29, 0.717) is 28.6 Å². The highest BCUT2D eigenvalue weighted by Gasteiger charge is 2.23. The SMILES string of the molecule is COc1cc(N(CCNC(=O)CC(C)C)S(C)(=O)=O)c(OC)cc1Cl. The van der Waals surface area contributed by atoms with Gasteiger partial charge in [0.2, 0.25) is 15.9 Å². The molecule has 0 aliphatic heterocycles. The molecule has 0 saturated heterocycles. The first-order valence-corrected chi connectivity index (χ1v) is 9.98. The second kappa shape index (κ2) is 9.15. The number of hydrogen-bond donors (Lipinski definition) is 1. The Labute approximate surface area is 154 Å². The molecule has 1 rings (SSSR count). The average molecular weight is 393 g/mol. The molecule has 1 amide bonds. The molecule has 1 N–H and O–H groups in total. The number of halogens is 1. The molecule has 0 aliphatic carbocycles. The van der Waals surface area contributed by atoms with Crippen molar-refractivity contribution in [3.63, 3.8) is 0 Å². The van der Waals surface area contributed by atoms with Crippen molar-refractivity contribution in [2.24, 2.45) is 5.92 Å². The third kappa shape index (κ3) is 6.28. The fourth-order valence-corrected chi connectivity index (χ4v) is 3.40. The van der Waals surface area contributed by atoms with Gasteiger partial charge in [-0.3, -0.25) is 9.10 Å². The van der Waals surface area contributed by atoms with Gasteiger partial charge in [0.15, 0.2) is 0 Å². The Hall–Kier alpha value is -1.67. The molecule has 0 aromatic heterocycles. The summed E-state index contributed by atoms with van der Waals surface area (Å²) in [5.74, 6) is 0.732. The zero-order valence-corrected chi connectivity index (χ0v) is 16.7. The van der Waals surface area contributed by atoms with Crippen LogP contribution in [0, 0.1) is 5.92 Å². The summed E-state index contributed by atoms with van der Waals surface area (Å²) in [5.41, 5.74) is 0.296. The number of benzene rings is 1. The van der Waals surface area contributed by atoms with E-state index >= 15 is 0 Å². The molecule has 142 valence electrons. The molecule has 9 heteroatoms. The van der Waals surface area contributed by atoms with Crippen LogP contribution in [0.25, 0.3) is 0 Å². The van der Waals surface area contributed by atoms with Gasteiger partial charge in [0.25, 0.3) is 0 Å². The molecular weight excluding hydrogens is 368 g/mol. The first-order valence-electron chi connectivity index (χ1n) is 7.76. The number of carbonyl (C=O) groups is 1. The smallest absolute Gasteiger partial charge is 0.232 e. The van der Waals surface area contributed by atoms with Crippen LogP contribution in [-0.2, 0) is 14.8 Å². The lowest BCUT2D eigenvalue weighted by Crippen LogP contribution is -2.38. The monoisotopic (exact) mass is 392 g/mol. The Morgan fingerprint density at radius 2 is 1.84 bits per heavy atom. The normalized spacial score (nSPS) is 11.3. The number of nitrogens with zero attached hydrogens (tertiary/aromatic N) is 1. The molecular formula is C16H25ClN2O5S. The molecule has 1 aromatic carbocycles. The predicted octanol–water partition coefficient (Wildman–Crippen LogP) is 2.29. The van der Waals surface area contributed by atoms with Crippen molar-refractivity contribution in [2.45, 2.75) is 20.3 Å². The number of carbonyl (C=O) groups excluding carboxylic acids is 1. The van der Waals surface area contributed by atoms with Gasteiger partial charge in [-0.15, -0.1) is 0 Å². The second-order valence-corrected chi connectivity index (χ2v) is 8.26. The Bertz CT molecular complexity index is 707. The van der Waals surface area contributed by atoms with Crippen LogP contribution in [0.3, 0.4) is 0 Å². The highest BCUT2D eigenvalue weighted by atomic mass is 35.5. The number of methoxy groups -OCH3 is 2. The minimum Gasteiger partial charge on any atom is -0.495 e. The number of amides is 1. The van der Waals surface area contributed by atoms with Crippen molar-refractivity contribution < 1.29 is 22.7 Å². The second-order valence-electron chi connectivity index (χ2n) is 5.94. The minimum atomic E-state index is -3.61. The van der Waals surface area contributed by atoms with E-state index in [1.165, 1.54) is 26.4 Å². The van der Waals surface area contributed by atoms with Gasteiger partial charge < -0.3 is 14.8 Å². The molecule has 7 nitrogen and oxygen atoms in total. The highest BCUT2D eigenvalue weighted by Crippen LogP contribution is 2.38. The lowest BCUT2D eigenvalue weighted by Gasteiger charge is -2.25. The van der Waals surface area contributed by atoms with Crippen LogP contribution in [0.2, 0.25) is 5.02 Å². The molecule has 0 aliphatic rings. The van der Waals surface area contributed by atoms with E-state index in [1.807, 2.05) is 13.8 Å². The molecule has 25 heavy (non-hydrogen) atoms. The van der Waals surface area contributed by atoms with Gasteiger partial charge in [-0.2, -0.15) is 0 Å². The van der Waals surface area contributed by atoms with Crippen LogP contribution in [0.1, 0.15) is 20.3 Å². The van der Waals surface area contributed by atoms with Crippen LogP contribution < -0.4 is 19.1 Å². The Balaban J connectivity index is 3.06. The maximum atomic E-state index is 12.2. The first kappa shape index (κ1) is 21.4. The topological polar surface area (TPSA) is 84.9 Å². The zero-order chi connectivity index (χ0) is 19.2. The largest absolute Gasteiger partial charge is 0.495 e. The number of rotatable bonds is 9. The predicted molar refractivity (Wildman–Crippen MR) is 99.2 cm³/mol. The number of ether oxygens (including phenoxy) is 2. The number of nitrogens with one attached hydrogen (secondary N) is 1. The Kier molecular flexibility index (Phi) is 7.82. The summed E-state index contributed by atoms with van der Waals surface area (Å²) >= 11 is 6.06. The Morgan fingerprint density at radius 3 is 2.32 bits per heavy atom. The van der Waals surface area contributed by atoms with Gasteiger partial charge in [0, 0.05) is 25.1 Å². The minimum absolute atomic E-state index is 0.0593. The van der Waals surface area contributed by atoms with E-state index in [1.54, 1.807) is 0 Å². The fraction of sp³-hybridized carbons (Fsp3) is 0.562. The number of hydrogen-bond acceptors (Lipinski definition) is 5. The van der Waals surface area contributed by atoms with Crippen molar-refractivity contribution in [3.05, 3.63) is 17.2 Å².